The molecule has 0 atom stereocenters. The first-order valence-corrected chi connectivity index (χ1v) is 6.83. The number of hydrogen-bond donors (Lipinski definition) is 1. The van der Waals surface area contributed by atoms with Crippen LogP contribution in [0.15, 0.2) is 35.5 Å². The minimum Gasteiger partial charge on any atom is -0.493 e. The number of amides is 1. The van der Waals surface area contributed by atoms with E-state index in [-0.39, 0.29) is 5.91 Å². The second-order valence-corrected chi connectivity index (χ2v) is 4.64. The first-order chi connectivity index (χ1) is 9.63. The Morgan fingerprint density at radius 1 is 1.50 bits per heavy atom. The third-order valence-corrected chi connectivity index (χ3v) is 2.72. The number of nitrogens with zero attached hydrogens (tertiary/aromatic N) is 1. The lowest BCUT2D eigenvalue weighted by Gasteiger charge is -2.08. The fourth-order valence-electron chi connectivity index (χ4n) is 1.48. The SMILES string of the molecule is CC=CC=NNC(=O)CCCOc1ccc(Cl)cc1C. The molecule has 0 unspecified atom stereocenters. The maximum Gasteiger partial charge on any atom is 0.240 e. The van der Waals surface area contributed by atoms with Crippen LogP contribution in [0.2, 0.25) is 5.02 Å². The molecule has 5 heteroatoms. The van der Waals surface area contributed by atoms with E-state index in [0.29, 0.717) is 24.5 Å². The number of allylic oxidation sites excluding steroid dienone is 2. The first kappa shape index (κ1) is 16.2. The van der Waals surface area contributed by atoms with Crippen molar-refractivity contribution in [3.05, 3.63) is 40.9 Å². The summed E-state index contributed by atoms with van der Waals surface area (Å²) in [5, 5.41) is 4.44. The summed E-state index contributed by atoms with van der Waals surface area (Å²) in [5.74, 6) is 0.670. The molecule has 0 fully saturated rings. The largest absolute Gasteiger partial charge is 0.493 e. The van der Waals surface area contributed by atoms with Gasteiger partial charge in [0, 0.05) is 17.7 Å². The van der Waals surface area contributed by atoms with Crippen molar-refractivity contribution in [2.24, 2.45) is 5.10 Å². The lowest BCUT2D eigenvalue weighted by atomic mass is 10.2. The van der Waals surface area contributed by atoms with Crippen molar-refractivity contribution in [2.75, 3.05) is 6.61 Å². The third-order valence-electron chi connectivity index (χ3n) is 2.49. The summed E-state index contributed by atoms with van der Waals surface area (Å²) in [6.07, 6.45) is 6.11. The van der Waals surface area contributed by atoms with Crippen LogP contribution >= 0.6 is 11.6 Å². The molecule has 0 spiro atoms. The Morgan fingerprint density at radius 2 is 2.30 bits per heavy atom. The average molecular weight is 295 g/mol. The maximum atomic E-state index is 11.4. The Labute approximate surface area is 124 Å². The van der Waals surface area contributed by atoms with Crippen molar-refractivity contribution in [3.8, 4) is 5.75 Å². The molecule has 0 radical (unpaired) electrons. The summed E-state index contributed by atoms with van der Waals surface area (Å²) < 4.78 is 5.60. The van der Waals surface area contributed by atoms with Crippen molar-refractivity contribution >= 4 is 23.7 Å². The van der Waals surface area contributed by atoms with Crippen molar-refractivity contribution in [1.29, 1.82) is 0 Å². The number of rotatable bonds is 7. The fourth-order valence-corrected chi connectivity index (χ4v) is 1.71. The van der Waals surface area contributed by atoms with Gasteiger partial charge in [0.25, 0.3) is 0 Å². The predicted molar refractivity (Wildman–Crippen MR) is 82.4 cm³/mol. The van der Waals surface area contributed by atoms with E-state index >= 15 is 0 Å². The third kappa shape index (κ3) is 6.38. The van der Waals surface area contributed by atoms with E-state index in [1.54, 1.807) is 12.1 Å². The van der Waals surface area contributed by atoms with E-state index in [4.69, 9.17) is 16.3 Å². The molecule has 4 nitrogen and oxygen atoms in total. The van der Waals surface area contributed by atoms with Gasteiger partial charge in [0.15, 0.2) is 0 Å². The molecule has 1 N–H and O–H groups in total. The second kappa shape index (κ2) is 9.15. The van der Waals surface area contributed by atoms with Gasteiger partial charge in [-0.1, -0.05) is 17.7 Å². The van der Waals surface area contributed by atoms with Crippen molar-refractivity contribution in [3.63, 3.8) is 0 Å². The number of halogens is 1. The van der Waals surface area contributed by atoms with Crippen molar-refractivity contribution in [2.45, 2.75) is 26.7 Å². The fraction of sp³-hybridized carbons (Fsp3) is 0.333. The van der Waals surface area contributed by atoms with E-state index in [1.807, 2.05) is 32.1 Å². The van der Waals surface area contributed by atoms with Gasteiger partial charge in [-0.15, -0.1) is 0 Å². The average Bonchev–Trinajstić information content (AvgIpc) is 2.41. The van der Waals surface area contributed by atoms with Gasteiger partial charge in [-0.2, -0.15) is 5.10 Å². The highest BCUT2D eigenvalue weighted by Gasteiger charge is 2.02. The first-order valence-electron chi connectivity index (χ1n) is 6.45. The number of carbonyl (C=O) groups is 1. The topological polar surface area (TPSA) is 50.7 Å². The van der Waals surface area contributed by atoms with Gasteiger partial charge in [-0.25, -0.2) is 5.43 Å². The molecule has 0 saturated heterocycles. The number of hydrazone groups is 1. The summed E-state index contributed by atoms with van der Waals surface area (Å²) in [5.41, 5.74) is 3.43. The van der Waals surface area contributed by atoms with Crippen LogP contribution in [0.1, 0.15) is 25.3 Å². The van der Waals surface area contributed by atoms with Crippen molar-refractivity contribution < 1.29 is 9.53 Å². The molecule has 1 rings (SSSR count). The summed E-state index contributed by atoms with van der Waals surface area (Å²) in [7, 11) is 0. The normalized spacial score (nSPS) is 11.2. The highest BCUT2D eigenvalue weighted by molar-refractivity contribution is 6.30. The Balaban J connectivity index is 2.23. The van der Waals surface area contributed by atoms with Crippen LogP contribution < -0.4 is 10.2 Å². The molecular formula is C15H19ClN2O2. The number of carbonyl (C=O) groups excluding carboxylic acids is 1. The molecule has 1 aromatic carbocycles. The highest BCUT2D eigenvalue weighted by Crippen LogP contribution is 2.21. The van der Waals surface area contributed by atoms with Crippen LogP contribution in [0.4, 0.5) is 0 Å². The molecule has 1 amide bonds. The van der Waals surface area contributed by atoms with Crippen LogP contribution in [-0.2, 0) is 4.79 Å². The number of hydrogen-bond acceptors (Lipinski definition) is 3. The van der Waals surface area contributed by atoms with Gasteiger partial charge >= 0.3 is 0 Å². The summed E-state index contributed by atoms with van der Waals surface area (Å²) in [6, 6.07) is 5.46. The Morgan fingerprint density at radius 3 is 3.00 bits per heavy atom. The smallest absolute Gasteiger partial charge is 0.240 e. The van der Waals surface area contributed by atoms with Gasteiger partial charge in [0.05, 0.1) is 6.61 Å². The van der Waals surface area contributed by atoms with Crippen LogP contribution in [0.3, 0.4) is 0 Å². The van der Waals surface area contributed by atoms with Crippen LogP contribution in [0.5, 0.6) is 5.75 Å². The van der Waals surface area contributed by atoms with Gasteiger partial charge in [0.2, 0.25) is 5.91 Å². The molecule has 0 aliphatic carbocycles. The molecule has 0 aliphatic rings. The molecule has 0 saturated carbocycles. The quantitative estimate of drug-likeness (QED) is 0.475. The van der Waals surface area contributed by atoms with Gasteiger partial charge in [0.1, 0.15) is 5.75 Å². The van der Waals surface area contributed by atoms with Gasteiger partial charge in [-0.3, -0.25) is 4.79 Å². The standard InChI is InChI=1S/C15H19ClN2O2/c1-3-4-9-17-18-15(19)6-5-10-20-14-8-7-13(16)11-12(14)2/h3-4,7-9,11H,5-6,10H2,1-2H3,(H,18,19). The summed E-state index contributed by atoms with van der Waals surface area (Å²) >= 11 is 5.86. The Bertz CT molecular complexity index is 499. The lowest BCUT2D eigenvalue weighted by Crippen LogP contribution is -2.17. The zero-order valence-corrected chi connectivity index (χ0v) is 12.5. The zero-order valence-electron chi connectivity index (χ0n) is 11.7. The number of benzene rings is 1. The lowest BCUT2D eigenvalue weighted by molar-refractivity contribution is -0.121. The highest BCUT2D eigenvalue weighted by atomic mass is 35.5. The predicted octanol–water partition coefficient (Wildman–Crippen LogP) is 3.49. The van der Waals surface area contributed by atoms with Crippen LogP contribution in [0, 0.1) is 6.92 Å². The molecule has 20 heavy (non-hydrogen) atoms. The summed E-state index contributed by atoms with van der Waals surface area (Å²) in [4.78, 5) is 11.4. The van der Waals surface area contributed by atoms with E-state index in [9.17, 15) is 4.79 Å². The van der Waals surface area contributed by atoms with E-state index < -0.39 is 0 Å². The number of nitrogens with one attached hydrogen (secondary N) is 1. The molecule has 0 aliphatic heterocycles. The van der Waals surface area contributed by atoms with E-state index in [1.165, 1.54) is 6.21 Å². The van der Waals surface area contributed by atoms with Crippen molar-refractivity contribution in [1.82, 2.24) is 5.43 Å². The van der Waals surface area contributed by atoms with Crippen LogP contribution in [-0.4, -0.2) is 18.7 Å². The van der Waals surface area contributed by atoms with Crippen LogP contribution in [0.25, 0.3) is 0 Å². The number of aryl methyl sites for hydroxylation is 1. The number of ether oxygens (including phenoxy) is 1. The van der Waals surface area contributed by atoms with Gasteiger partial charge < -0.3 is 4.74 Å². The molecule has 108 valence electrons. The Kier molecular flexibility index (Phi) is 7.43. The molecule has 0 heterocycles. The Hall–Kier alpha value is -1.81. The zero-order chi connectivity index (χ0) is 14.8. The molecule has 0 bridgehead atoms. The minimum atomic E-state index is -0.123. The monoisotopic (exact) mass is 294 g/mol. The summed E-state index contributed by atoms with van der Waals surface area (Å²) in [6.45, 7) is 4.29. The van der Waals surface area contributed by atoms with E-state index in [2.05, 4.69) is 10.5 Å². The molecular weight excluding hydrogens is 276 g/mol. The van der Waals surface area contributed by atoms with E-state index in [0.717, 1.165) is 11.3 Å². The maximum absolute atomic E-state index is 11.4. The molecule has 0 aromatic heterocycles. The second-order valence-electron chi connectivity index (χ2n) is 4.20. The van der Waals surface area contributed by atoms with Gasteiger partial charge in [-0.05, 0) is 50.1 Å². The minimum absolute atomic E-state index is 0.123. The molecule has 1 aromatic rings.